The van der Waals surface area contributed by atoms with Gasteiger partial charge in [0.2, 0.25) is 0 Å². The van der Waals surface area contributed by atoms with Crippen molar-refractivity contribution in [1.29, 1.82) is 0 Å². The van der Waals surface area contributed by atoms with Gasteiger partial charge >= 0.3 is 0 Å². The molecule has 0 unspecified atom stereocenters. The molecule has 0 aliphatic carbocycles. The molecule has 35 heavy (non-hydrogen) atoms. The Morgan fingerprint density at radius 3 is 2.63 bits per heavy atom. The summed E-state index contributed by atoms with van der Waals surface area (Å²) in [6.45, 7) is 4.51. The quantitative estimate of drug-likeness (QED) is 0.348. The molecule has 176 valence electrons. The predicted octanol–water partition coefficient (Wildman–Crippen LogP) is 5.70. The Morgan fingerprint density at radius 1 is 1.09 bits per heavy atom. The van der Waals surface area contributed by atoms with Crippen LogP contribution in [-0.2, 0) is 11.3 Å². The first-order valence-corrected chi connectivity index (χ1v) is 11.2. The van der Waals surface area contributed by atoms with Crippen LogP contribution in [0.2, 0.25) is 0 Å². The molecule has 0 atom stereocenters. The smallest absolute Gasteiger partial charge is 0.169 e. The Labute approximate surface area is 200 Å². The van der Waals surface area contributed by atoms with Crippen LogP contribution in [0.4, 0.5) is 8.78 Å². The number of benzene rings is 2. The number of rotatable bonds is 5. The lowest BCUT2D eigenvalue weighted by molar-refractivity contribution is 0.101. The molecule has 2 aromatic carbocycles. The number of ketones is 1. The average Bonchev–Trinajstić information content (AvgIpc) is 3.18. The van der Waals surface area contributed by atoms with Crippen LogP contribution in [0.25, 0.3) is 28.3 Å². The van der Waals surface area contributed by atoms with Crippen LogP contribution in [0.3, 0.4) is 0 Å². The van der Waals surface area contributed by atoms with Crippen LogP contribution in [0.15, 0.2) is 72.3 Å². The summed E-state index contributed by atoms with van der Waals surface area (Å²) >= 11 is 0. The largest absolute Gasteiger partial charge is 0.496 e. The van der Waals surface area contributed by atoms with Crippen LogP contribution in [0.5, 0.6) is 0 Å². The second kappa shape index (κ2) is 9.21. The maximum absolute atomic E-state index is 14.2. The van der Waals surface area contributed by atoms with E-state index in [0.29, 0.717) is 30.1 Å². The molecule has 0 aromatic heterocycles. The molecule has 0 fully saturated rings. The van der Waals surface area contributed by atoms with Gasteiger partial charge in [0.15, 0.2) is 23.2 Å². The zero-order valence-corrected chi connectivity index (χ0v) is 19.3. The molecule has 0 N–H and O–H groups in total. The number of nitrogens with zero attached hydrogens (tertiary/aromatic N) is 4. The van der Waals surface area contributed by atoms with Gasteiger partial charge in [0.05, 0.1) is 31.1 Å². The predicted molar refractivity (Wildman–Crippen MR) is 127 cm³/mol. The normalized spacial score (nSPS) is 14.0. The number of carbonyl (C=O) groups is 1. The van der Waals surface area contributed by atoms with Crippen molar-refractivity contribution in [3.63, 3.8) is 0 Å². The fourth-order valence-corrected chi connectivity index (χ4v) is 4.01. The Bertz CT molecular complexity index is 1450. The van der Waals surface area contributed by atoms with E-state index in [4.69, 9.17) is 4.74 Å². The second-order valence-electron chi connectivity index (χ2n) is 8.43. The van der Waals surface area contributed by atoms with Gasteiger partial charge in [-0.2, -0.15) is 5.10 Å². The third kappa shape index (κ3) is 4.59. The van der Waals surface area contributed by atoms with E-state index in [1.165, 1.54) is 17.7 Å². The number of fused-ring (bicyclic) bond motifs is 1. The number of ether oxygens (including phenoxy) is 1. The highest BCUT2D eigenvalue weighted by molar-refractivity contribution is 5.94. The monoisotopic (exact) mass is 472 g/mol. The maximum atomic E-state index is 14.2. The minimum Gasteiger partial charge on any atom is -0.496 e. The van der Waals surface area contributed by atoms with E-state index in [2.05, 4.69) is 22.0 Å². The maximum Gasteiger partial charge on any atom is 0.169 e. The van der Waals surface area contributed by atoms with Crippen molar-refractivity contribution < 1.29 is 18.3 Å². The van der Waals surface area contributed by atoms with E-state index in [0.717, 1.165) is 29.4 Å². The van der Waals surface area contributed by atoms with Crippen LogP contribution in [0.1, 0.15) is 36.2 Å². The first kappa shape index (κ1) is 22.6. The van der Waals surface area contributed by atoms with Crippen LogP contribution in [-0.4, -0.2) is 32.1 Å². The topological polar surface area (TPSA) is 69.9 Å². The molecule has 3 aliphatic rings. The SMILES string of the molecule is CC(=O)c1ccc(C2=C(C)CCOC(Cn3cc4nc(-c5cccc(F)c5F)nc-4cn3)=C2)cc1. The Morgan fingerprint density at radius 2 is 1.86 bits per heavy atom. The number of hydrogen-bond donors (Lipinski definition) is 0. The molecule has 8 heteroatoms. The zero-order valence-electron chi connectivity index (χ0n) is 19.3. The summed E-state index contributed by atoms with van der Waals surface area (Å²) in [5.74, 6) is -1.07. The molecule has 3 heterocycles. The van der Waals surface area contributed by atoms with Gasteiger partial charge in [-0.25, -0.2) is 18.7 Å². The first-order valence-electron chi connectivity index (χ1n) is 11.2. The van der Waals surface area contributed by atoms with Crippen molar-refractivity contribution in [3.8, 4) is 22.8 Å². The van der Waals surface area contributed by atoms with E-state index in [-0.39, 0.29) is 17.2 Å². The lowest BCUT2D eigenvalue weighted by Crippen LogP contribution is -2.09. The average molecular weight is 472 g/mol. The van der Waals surface area contributed by atoms with E-state index < -0.39 is 11.6 Å². The number of imidazole rings is 1. The van der Waals surface area contributed by atoms with Gasteiger partial charge in [-0.1, -0.05) is 35.9 Å². The van der Waals surface area contributed by atoms with E-state index >= 15 is 0 Å². The Balaban J connectivity index is 1.43. The van der Waals surface area contributed by atoms with Gasteiger partial charge in [0, 0.05) is 12.0 Å². The highest BCUT2D eigenvalue weighted by Crippen LogP contribution is 2.29. The highest BCUT2D eigenvalue weighted by Gasteiger charge is 2.19. The zero-order chi connectivity index (χ0) is 24.5. The van der Waals surface area contributed by atoms with Crippen molar-refractivity contribution in [2.24, 2.45) is 0 Å². The van der Waals surface area contributed by atoms with E-state index in [1.807, 2.05) is 30.3 Å². The van der Waals surface area contributed by atoms with Gasteiger partial charge in [-0.05, 0) is 43.2 Å². The standard InChI is InChI=1S/C27H22F2N4O2/c1-16-10-11-35-20(12-22(16)19-8-6-18(7-9-19)17(2)34)14-33-15-25-24(13-30-33)31-27(32-25)21-4-3-5-23(28)26(21)29/h3-9,12-13,15H,10-11,14H2,1-2H3. The molecule has 0 saturated carbocycles. The van der Waals surface area contributed by atoms with Crippen molar-refractivity contribution in [3.05, 3.63) is 95.0 Å². The van der Waals surface area contributed by atoms with E-state index in [9.17, 15) is 13.6 Å². The molecule has 3 aliphatic heterocycles. The summed E-state index contributed by atoms with van der Waals surface area (Å²) in [5.41, 5.74) is 4.91. The molecule has 0 spiro atoms. The molecule has 0 bridgehead atoms. The van der Waals surface area contributed by atoms with Crippen LogP contribution >= 0.6 is 0 Å². The van der Waals surface area contributed by atoms with Crippen molar-refractivity contribution in [2.45, 2.75) is 26.8 Å². The van der Waals surface area contributed by atoms with Crippen LogP contribution in [0, 0.1) is 11.6 Å². The number of hydrogen-bond acceptors (Lipinski definition) is 5. The molecule has 0 radical (unpaired) electrons. The van der Waals surface area contributed by atoms with E-state index in [1.54, 1.807) is 24.0 Å². The second-order valence-corrected chi connectivity index (χ2v) is 8.43. The Hall–Kier alpha value is -4.20. The molecule has 5 rings (SSSR count). The minimum atomic E-state index is -0.980. The van der Waals surface area contributed by atoms with Gasteiger partial charge in [0.25, 0.3) is 0 Å². The third-order valence-electron chi connectivity index (χ3n) is 5.96. The van der Waals surface area contributed by atoms with Crippen molar-refractivity contribution in [1.82, 2.24) is 19.7 Å². The summed E-state index contributed by atoms with van der Waals surface area (Å²) in [7, 11) is 0. The number of aromatic nitrogens is 4. The summed E-state index contributed by atoms with van der Waals surface area (Å²) in [6, 6.07) is 11.5. The highest BCUT2D eigenvalue weighted by atomic mass is 19.2. The van der Waals surface area contributed by atoms with Crippen LogP contribution < -0.4 is 0 Å². The summed E-state index contributed by atoms with van der Waals surface area (Å²) < 4.78 is 35.5. The lowest BCUT2D eigenvalue weighted by atomic mass is 9.97. The molecule has 6 nitrogen and oxygen atoms in total. The fourth-order valence-electron chi connectivity index (χ4n) is 4.01. The Kier molecular flexibility index (Phi) is 5.94. The van der Waals surface area contributed by atoms with Crippen molar-refractivity contribution in [2.75, 3.05) is 6.61 Å². The van der Waals surface area contributed by atoms with Gasteiger partial charge < -0.3 is 4.74 Å². The first-order chi connectivity index (χ1) is 16.9. The fraction of sp³-hybridized carbons (Fsp3) is 0.185. The summed E-state index contributed by atoms with van der Waals surface area (Å²) in [6.07, 6.45) is 6.02. The summed E-state index contributed by atoms with van der Waals surface area (Å²) in [5, 5.41) is 4.40. The molecule has 0 amide bonds. The summed E-state index contributed by atoms with van der Waals surface area (Å²) in [4.78, 5) is 20.3. The number of Topliss-reactive ketones (excluding diaryl/α,β-unsaturated/α-hetero) is 1. The number of allylic oxidation sites excluding steroid dienone is 3. The number of halogens is 2. The lowest BCUT2D eigenvalue weighted by Gasteiger charge is -2.11. The molecule has 2 aromatic rings. The minimum absolute atomic E-state index is 0.00334. The molecular formula is C27H22F2N4O2. The van der Waals surface area contributed by atoms with Crippen molar-refractivity contribution >= 4 is 11.4 Å². The third-order valence-corrected chi connectivity index (χ3v) is 5.96. The number of carbonyl (C=O) groups excluding carboxylic acids is 1. The van der Waals surface area contributed by atoms with Gasteiger partial charge in [-0.3, -0.25) is 9.48 Å². The van der Waals surface area contributed by atoms with Gasteiger partial charge in [-0.15, -0.1) is 0 Å². The van der Waals surface area contributed by atoms with Gasteiger partial charge in [0.1, 0.15) is 17.1 Å². The molecular weight excluding hydrogens is 450 g/mol. The molecule has 0 saturated heterocycles.